The van der Waals surface area contributed by atoms with Crippen molar-refractivity contribution in [2.45, 2.75) is 6.42 Å². The van der Waals surface area contributed by atoms with Gasteiger partial charge < -0.3 is 5.32 Å². The lowest BCUT2D eigenvalue weighted by atomic mass is 10.3. The van der Waals surface area contributed by atoms with Crippen molar-refractivity contribution in [2.75, 3.05) is 11.9 Å². The molecule has 0 saturated carbocycles. The Kier molecular flexibility index (Phi) is 4.45. The summed E-state index contributed by atoms with van der Waals surface area (Å²) in [6.07, 6.45) is 0.869. The quantitative estimate of drug-likeness (QED) is 0.922. The van der Waals surface area contributed by atoms with Crippen LogP contribution in [0.4, 0.5) is 5.69 Å². The maximum Gasteiger partial charge on any atom is 0.174 e. The van der Waals surface area contributed by atoms with Gasteiger partial charge >= 0.3 is 0 Å². The van der Waals surface area contributed by atoms with Gasteiger partial charge in [-0.25, -0.2) is 0 Å². The molecular formula is C10H8Cl3N3S. The largest absolute Gasteiger partial charge is 0.382 e. The number of aromatic nitrogens is 2. The van der Waals surface area contributed by atoms with E-state index in [2.05, 4.69) is 15.5 Å². The maximum absolute atomic E-state index is 5.87. The number of halogens is 3. The Morgan fingerprint density at radius 2 is 2.00 bits per heavy atom. The van der Waals surface area contributed by atoms with Gasteiger partial charge in [-0.3, -0.25) is 0 Å². The van der Waals surface area contributed by atoms with Crippen molar-refractivity contribution in [3.8, 4) is 0 Å². The second-order valence-corrected chi connectivity index (χ2v) is 5.80. The van der Waals surface area contributed by atoms with Crippen LogP contribution >= 0.6 is 46.1 Å². The number of hydrogen-bond donors (Lipinski definition) is 1. The summed E-state index contributed by atoms with van der Waals surface area (Å²) in [4.78, 5) is 1.21. The van der Waals surface area contributed by atoms with Gasteiger partial charge in [0, 0.05) is 17.5 Å². The Balaban J connectivity index is 1.91. The second kappa shape index (κ2) is 5.87. The van der Waals surface area contributed by atoms with Crippen molar-refractivity contribution < 1.29 is 0 Å². The monoisotopic (exact) mass is 307 g/mol. The molecule has 7 heteroatoms. The van der Waals surface area contributed by atoms with Crippen molar-refractivity contribution in [1.82, 2.24) is 10.2 Å². The molecule has 0 aliphatic heterocycles. The summed E-state index contributed by atoms with van der Waals surface area (Å²) in [7, 11) is 0. The number of nitrogens with zero attached hydrogens (tertiary/aromatic N) is 2. The highest BCUT2D eigenvalue weighted by molar-refractivity contribution is 7.16. The van der Waals surface area contributed by atoms with Gasteiger partial charge in [0.2, 0.25) is 0 Å². The van der Waals surface area contributed by atoms with Gasteiger partial charge in [0.1, 0.15) is 0 Å². The molecule has 17 heavy (non-hydrogen) atoms. The van der Waals surface area contributed by atoms with E-state index in [0.717, 1.165) is 17.3 Å². The molecule has 0 atom stereocenters. The summed E-state index contributed by atoms with van der Waals surface area (Å²) in [5.74, 6) is 0. The fraction of sp³-hybridized carbons (Fsp3) is 0.200. The third-order valence-electron chi connectivity index (χ3n) is 2.03. The predicted octanol–water partition coefficient (Wildman–Crippen LogP) is 4.15. The molecule has 0 aromatic carbocycles. The topological polar surface area (TPSA) is 37.8 Å². The third-order valence-corrected chi connectivity index (χ3v) is 3.79. The SMILES string of the molecule is Clc1cc(NCCc2ccc(Cl)s2)c(Cl)nn1. The average molecular weight is 309 g/mol. The number of nitrogens with one attached hydrogen (secondary N) is 1. The van der Waals surface area contributed by atoms with Crippen molar-refractivity contribution in [2.24, 2.45) is 0 Å². The lowest BCUT2D eigenvalue weighted by molar-refractivity contribution is 1.00. The number of hydrogen-bond acceptors (Lipinski definition) is 4. The zero-order chi connectivity index (χ0) is 12.3. The molecule has 2 rings (SSSR count). The zero-order valence-corrected chi connectivity index (χ0v) is 11.7. The smallest absolute Gasteiger partial charge is 0.174 e. The first-order valence-electron chi connectivity index (χ1n) is 4.82. The van der Waals surface area contributed by atoms with Crippen LogP contribution < -0.4 is 5.32 Å². The highest BCUT2D eigenvalue weighted by atomic mass is 35.5. The first-order chi connectivity index (χ1) is 8.15. The van der Waals surface area contributed by atoms with Gasteiger partial charge in [0.15, 0.2) is 10.3 Å². The first-order valence-corrected chi connectivity index (χ1v) is 6.77. The van der Waals surface area contributed by atoms with Crippen LogP contribution in [-0.2, 0) is 6.42 Å². The first kappa shape index (κ1) is 12.9. The summed E-state index contributed by atoms with van der Waals surface area (Å²) >= 11 is 19.0. The van der Waals surface area contributed by atoms with Gasteiger partial charge in [0.05, 0.1) is 10.0 Å². The molecule has 3 nitrogen and oxygen atoms in total. The van der Waals surface area contributed by atoms with Gasteiger partial charge in [-0.1, -0.05) is 34.8 Å². The van der Waals surface area contributed by atoms with E-state index in [4.69, 9.17) is 34.8 Å². The zero-order valence-electron chi connectivity index (χ0n) is 8.58. The van der Waals surface area contributed by atoms with Crippen LogP contribution in [0.1, 0.15) is 4.88 Å². The van der Waals surface area contributed by atoms with Crippen LogP contribution in [0.15, 0.2) is 18.2 Å². The van der Waals surface area contributed by atoms with E-state index in [9.17, 15) is 0 Å². The number of anilines is 1. The van der Waals surface area contributed by atoms with Gasteiger partial charge in [-0.2, -0.15) is 0 Å². The van der Waals surface area contributed by atoms with Crippen LogP contribution in [0.5, 0.6) is 0 Å². The van der Waals surface area contributed by atoms with E-state index in [0.29, 0.717) is 16.0 Å². The van der Waals surface area contributed by atoms with Crippen LogP contribution in [0.2, 0.25) is 14.6 Å². The molecule has 0 amide bonds. The molecule has 0 bridgehead atoms. The molecule has 0 unspecified atom stereocenters. The molecule has 0 radical (unpaired) electrons. The fourth-order valence-corrected chi connectivity index (χ4v) is 2.68. The Labute approximate surface area is 118 Å². The third kappa shape index (κ3) is 3.71. The maximum atomic E-state index is 5.87. The summed E-state index contributed by atoms with van der Waals surface area (Å²) in [5, 5.41) is 11.1. The molecule has 90 valence electrons. The van der Waals surface area contributed by atoms with Crippen molar-refractivity contribution >= 4 is 51.8 Å². The molecule has 2 heterocycles. The molecular weight excluding hydrogens is 301 g/mol. The highest BCUT2D eigenvalue weighted by Crippen LogP contribution is 2.23. The Bertz CT molecular complexity index is 515. The minimum Gasteiger partial charge on any atom is -0.382 e. The van der Waals surface area contributed by atoms with E-state index >= 15 is 0 Å². The molecule has 0 spiro atoms. The average Bonchev–Trinajstić information content (AvgIpc) is 2.69. The fourth-order valence-electron chi connectivity index (χ4n) is 1.28. The van der Waals surface area contributed by atoms with Crippen LogP contribution in [0.25, 0.3) is 0 Å². The molecule has 1 N–H and O–H groups in total. The summed E-state index contributed by atoms with van der Waals surface area (Å²) < 4.78 is 0.798. The Morgan fingerprint density at radius 3 is 2.71 bits per heavy atom. The predicted molar refractivity (Wildman–Crippen MR) is 73.6 cm³/mol. The number of thiophene rings is 1. The molecule has 0 saturated heterocycles. The summed E-state index contributed by atoms with van der Waals surface area (Å²) in [6, 6.07) is 5.55. The standard InChI is InChI=1S/C10H8Cl3N3S/c11-8-5-7(10(13)16-15-8)14-4-3-6-1-2-9(12)17-6/h1-2,5H,3-4H2,(H,14,15). The second-order valence-electron chi connectivity index (χ2n) is 3.25. The molecule has 2 aromatic heterocycles. The van der Waals surface area contributed by atoms with Crippen molar-refractivity contribution in [1.29, 1.82) is 0 Å². The number of rotatable bonds is 4. The molecule has 0 fully saturated rings. The lowest BCUT2D eigenvalue weighted by Gasteiger charge is -2.06. The van der Waals surface area contributed by atoms with E-state index in [-0.39, 0.29) is 0 Å². The van der Waals surface area contributed by atoms with Crippen LogP contribution in [0.3, 0.4) is 0 Å². The minimum absolute atomic E-state index is 0.316. The summed E-state index contributed by atoms with van der Waals surface area (Å²) in [5.41, 5.74) is 0.689. The van der Waals surface area contributed by atoms with Gasteiger partial charge in [-0.15, -0.1) is 21.5 Å². The van der Waals surface area contributed by atoms with E-state index in [1.165, 1.54) is 4.88 Å². The summed E-state index contributed by atoms with van der Waals surface area (Å²) in [6.45, 7) is 0.735. The molecule has 2 aromatic rings. The lowest BCUT2D eigenvalue weighted by Crippen LogP contribution is -2.05. The van der Waals surface area contributed by atoms with Gasteiger partial charge in [0.25, 0.3) is 0 Å². The Hall–Kier alpha value is -0.550. The van der Waals surface area contributed by atoms with E-state index in [1.807, 2.05) is 12.1 Å². The van der Waals surface area contributed by atoms with Crippen LogP contribution in [0, 0.1) is 0 Å². The van der Waals surface area contributed by atoms with Crippen molar-refractivity contribution in [3.05, 3.63) is 37.7 Å². The van der Waals surface area contributed by atoms with Gasteiger partial charge in [-0.05, 0) is 18.6 Å². The minimum atomic E-state index is 0.316. The Morgan fingerprint density at radius 1 is 1.18 bits per heavy atom. The van der Waals surface area contributed by atoms with Crippen molar-refractivity contribution in [3.63, 3.8) is 0 Å². The highest BCUT2D eigenvalue weighted by Gasteiger charge is 2.04. The normalized spacial score (nSPS) is 10.5. The van der Waals surface area contributed by atoms with E-state index in [1.54, 1.807) is 17.4 Å². The van der Waals surface area contributed by atoms with Crippen LogP contribution in [-0.4, -0.2) is 16.7 Å². The molecule has 0 aliphatic rings. The molecule has 0 aliphatic carbocycles. The van der Waals surface area contributed by atoms with E-state index < -0.39 is 0 Å².